The highest BCUT2D eigenvalue weighted by Gasteiger charge is 2.46. The maximum absolute atomic E-state index is 12.9. The van der Waals surface area contributed by atoms with Crippen LogP contribution in [0.3, 0.4) is 0 Å². The van der Waals surface area contributed by atoms with E-state index in [1.807, 2.05) is 25.9 Å². The average molecular weight is 395 g/mol. The van der Waals surface area contributed by atoms with Crippen molar-refractivity contribution in [3.05, 3.63) is 65.0 Å². The van der Waals surface area contributed by atoms with Crippen molar-refractivity contribution in [1.82, 2.24) is 14.8 Å². The Hall–Kier alpha value is -3.19. The molecular formula is C22H25N3O4. The first-order valence-electron chi connectivity index (χ1n) is 9.33. The third-order valence-corrected chi connectivity index (χ3v) is 5.04. The summed E-state index contributed by atoms with van der Waals surface area (Å²) in [5.74, 6) is -0.825. The highest BCUT2D eigenvalue weighted by Crippen LogP contribution is 2.39. The number of aliphatic hydroxyl groups excluding tert-OH is 1. The van der Waals surface area contributed by atoms with Crippen molar-refractivity contribution >= 4 is 17.4 Å². The Bertz CT molecular complexity index is 954. The van der Waals surface area contributed by atoms with Crippen LogP contribution in [0.15, 0.2) is 48.3 Å². The van der Waals surface area contributed by atoms with Crippen LogP contribution in [0, 0.1) is 6.92 Å². The first kappa shape index (κ1) is 20.5. The molecule has 1 aromatic heterocycles. The number of nitrogens with zero attached hydrogens (tertiary/aromatic N) is 3. The molecule has 3 rings (SSSR count). The predicted octanol–water partition coefficient (Wildman–Crippen LogP) is 2.38. The lowest BCUT2D eigenvalue weighted by Crippen LogP contribution is -2.35. The van der Waals surface area contributed by atoms with E-state index < -0.39 is 17.7 Å². The number of ketones is 1. The van der Waals surface area contributed by atoms with Gasteiger partial charge in [0.15, 0.2) is 0 Å². The number of carbonyl (C=O) groups is 2. The smallest absolute Gasteiger partial charge is 0.295 e. The number of benzene rings is 1. The van der Waals surface area contributed by atoms with E-state index in [4.69, 9.17) is 4.74 Å². The van der Waals surface area contributed by atoms with Crippen LogP contribution in [0.4, 0.5) is 0 Å². The maximum atomic E-state index is 12.9. The molecule has 1 fully saturated rings. The molecule has 1 aliphatic rings. The van der Waals surface area contributed by atoms with Crippen molar-refractivity contribution < 1.29 is 19.4 Å². The zero-order valence-electron chi connectivity index (χ0n) is 17.0. The van der Waals surface area contributed by atoms with Gasteiger partial charge in [-0.2, -0.15) is 0 Å². The van der Waals surface area contributed by atoms with Crippen LogP contribution in [0.25, 0.3) is 5.76 Å². The maximum Gasteiger partial charge on any atom is 0.295 e. The topological polar surface area (TPSA) is 83.0 Å². The number of amides is 1. The van der Waals surface area contributed by atoms with Gasteiger partial charge in [0.05, 0.1) is 18.7 Å². The molecule has 1 aliphatic heterocycles. The largest absolute Gasteiger partial charge is 0.507 e. The van der Waals surface area contributed by atoms with Crippen LogP contribution in [-0.2, 0) is 9.59 Å². The SMILES string of the molecule is COc1ccc(C(O)=C2C(=O)C(=O)N(CCN(C)C)[C@@H]2c2ccncc2)c(C)c1. The number of methoxy groups -OCH3 is 1. The Kier molecular flexibility index (Phi) is 5.98. The lowest BCUT2D eigenvalue weighted by molar-refractivity contribution is -0.140. The predicted molar refractivity (Wildman–Crippen MR) is 110 cm³/mol. The second-order valence-electron chi connectivity index (χ2n) is 7.26. The fourth-order valence-corrected chi connectivity index (χ4v) is 3.48. The second kappa shape index (κ2) is 8.45. The van der Waals surface area contributed by atoms with Gasteiger partial charge in [0.2, 0.25) is 0 Å². The van der Waals surface area contributed by atoms with Crippen molar-refractivity contribution in [2.45, 2.75) is 13.0 Å². The van der Waals surface area contributed by atoms with Gasteiger partial charge in [-0.05, 0) is 62.5 Å². The molecule has 29 heavy (non-hydrogen) atoms. The number of hydrogen-bond donors (Lipinski definition) is 1. The van der Waals surface area contributed by atoms with Gasteiger partial charge in [0.25, 0.3) is 11.7 Å². The third kappa shape index (κ3) is 4.00. The highest BCUT2D eigenvalue weighted by atomic mass is 16.5. The molecule has 0 spiro atoms. The minimum Gasteiger partial charge on any atom is -0.507 e. The van der Waals surface area contributed by atoms with E-state index in [0.717, 1.165) is 11.1 Å². The van der Waals surface area contributed by atoms with Crippen LogP contribution in [0.5, 0.6) is 5.75 Å². The summed E-state index contributed by atoms with van der Waals surface area (Å²) in [7, 11) is 5.37. The highest BCUT2D eigenvalue weighted by molar-refractivity contribution is 6.46. The summed E-state index contributed by atoms with van der Waals surface area (Å²) < 4.78 is 5.22. The number of likely N-dealkylation sites (tertiary alicyclic amines) is 1. The Labute approximate surface area is 170 Å². The number of likely N-dealkylation sites (N-methyl/N-ethyl adjacent to an activating group) is 1. The molecule has 1 atom stereocenters. The van der Waals surface area contributed by atoms with Gasteiger partial charge in [-0.15, -0.1) is 0 Å². The minimum absolute atomic E-state index is 0.0909. The van der Waals surface area contributed by atoms with Gasteiger partial charge in [-0.3, -0.25) is 14.6 Å². The molecule has 0 aliphatic carbocycles. The summed E-state index contributed by atoms with van der Waals surface area (Å²) in [5.41, 5.74) is 2.06. The number of aliphatic hydroxyl groups is 1. The molecule has 1 saturated heterocycles. The molecule has 2 heterocycles. The molecule has 7 heteroatoms. The Balaban J connectivity index is 2.15. The number of ether oxygens (including phenoxy) is 1. The van der Waals surface area contributed by atoms with Crippen LogP contribution in [-0.4, -0.2) is 65.9 Å². The summed E-state index contributed by atoms with van der Waals surface area (Å²) in [6, 6.07) is 8.03. The first-order valence-corrected chi connectivity index (χ1v) is 9.33. The van der Waals surface area contributed by atoms with E-state index >= 15 is 0 Å². The molecule has 152 valence electrons. The van der Waals surface area contributed by atoms with Gasteiger partial charge >= 0.3 is 0 Å². The average Bonchev–Trinajstić information content (AvgIpc) is 2.97. The second-order valence-corrected chi connectivity index (χ2v) is 7.26. The van der Waals surface area contributed by atoms with Crippen molar-refractivity contribution in [1.29, 1.82) is 0 Å². The number of Topliss-reactive ketones (excluding diaryl/α,β-unsaturated/α-hetero) is 1. The molecule has 0 unspecified atom stereocenters. The first-order chi connectivity index (χ1) is 13.8. The lowest BCUT2D eigenvalue weighted by atomic mass is 9.94. The van der Waals surface area contributed by atoms with Crippen LogP contribution >= 0.6 is 0 Å². The van der Waals surface area contributed by atoms with Crippen molar-refractivity contribution in [3.8, 4) is 5.75 Å². The molecule has 1 N–H and O–H groups in total. The molecule has 0 radical (unpaired) electrons. The summed E-state index contributed by atoms with van der Waals surface area (Å²) >= 11 is 0. The normalized spacial score (nSPS) is 18.5. The van der Waals surface area contributed by atoms with Crippen LogP contribution in [0.2, 0.25) is 0 Å². The van der Waals surface area contributed by atoms with Gasteiger partial charge in [0, 0.05) is 31.0 Å². The van der Waals surface area contributed by atoms with Gasteiger partial charge in [0.1, 0.15) is 11.5 Å². The van der Waals surface area contributed by atoms with Gasteiger partial charge in [-0.1, -0.05) is 0 Å². The summed E-state index contributed by atoms with van der Waals surface area (Å²) in [6.45, 7) is 2.78. The summed E-state index contributed by atoms with van der Waals surface area (Å²) in [4.78, 5) is 33.2. The fourth-order valence-electron chi connectivity index (χ4n) is 3.48. The monoisotopic (exact) mass is 395 g/mol. The summed E-state index contributed by atoms with van der Waals surface area (Å²) in [6.07, 6.45) is 3.22. The van der Waals surface area contributed by atoms with Crippen LogP contribution in [0.1, 0.15) is 22.7 Å². The molecule has 0 bridgehead atoms. The molecule has 1 amide bonds. The zero-order valence-corrected chi connectivity index (χ0v) is 17.0. The van der Waals surface area contributed by atoms with E-state index in [1.54, 1.807) is 49.8 Å². The van der Waals surface area contributed by atoms with E-state index in [2.05, 4.69) is 4.98 Å². The van der Waals surface area contributed by atoms with Crippen molar-refractivity contribution in [2.75, 3.05) is 34.3 Å². The van der Waals surface area contributed by atoms with Gasteiger partial charge in [-0.25, -0.2) is 0 Å². The van der Waals surface area contributed by atoms with Crippen LogP contribution < -0.4 is 4.74 Å². The molecular weight excluding hydrogens is 370 g/mol. The number of rotatable bonds is 6. The van der Waals surface area contributed by atoms with E-state index in [-0.39, 0.29) is 11.3 Å². The fraction of sp³-hybridized carbons (Fsp3) is 0.318. The standard InChI is InChI=1S/C22H25N3O4/c1-14-13-16(29-4)5-6-17(14)20(26)18-19(15-7-9-23-10-8-15)25(12-11-24(2)3)22(28)21(18)27/h5-10,13,19,26H,11-12H2,1-4H3/t19-/m1/s1. The van der Waals surface area contributed by atoms with E-state index in [1.165, 1.54) is 4.90 Å². The molecule has 0 saturated carbocycles. The summed E-state index contributed by atoms with van der Waals surface area (Å²) in [5, 5.41) is 11.1. The van der Waals surface area contributed by atoms with E-state index in [0.29, 0.717) is 24.4 Å². The molecule has 1 aromatic carbocycles. The Morgan fingerprint density at radius 1 is 1.21 bits per heavy atom. The van der Waals surface area contributed by atoms with Crippen molar-refractivity contribution in [2.24, 2.45) is 0 Å². The number of carbonyl (C=O) groups excluding carboxylic acids is 2. The number of hydrogen-bond acceptors (Lipinski definition) is 6. The lowest BCUT2D eigenvalue weighted by Gasteiger charge is -2.26. The quantitative estimate of drug-likeness (QED) is 0.459. The van der Waals surface area contributed by atoms with Crippen molar-refractivity contribution in [3.63, 3.8) is 0 Å². The molecule has 7 nitrogen and oxygen atoms in total. The Morgan fingerprint density at radius 3 is 2.48 bits per heavy atom. The number of aromatic nitrogens is 1. The van der Waals surface area contributed by atoms with Gasteiger partial charge < -0.3 is 19.6 Å². The van der Waals surface area contributed by atoms with E-state index in [9.17, 15) is 14.7 Å². The zero-order chi connectivity index (χ0) is 21.1. The Morgan fingerprint density at radius 2 is 1.90 bits per heavy atom. The minimum atomic E-state index is -0.682. The third-order valence-electron chi connectivity index (χ3n) is 5.04. The number of aryl methyl sites for hydroxylation is 1. The molecule has 2 aromatic rings. The number of pyridine rings is 1.